The number of hydrogen-bond donors (Lipinski definition) is 1. The van der Waals surface area contributed by atoms with Crippen LogP contribution in [0.1, 0.15) is 30.8 Å². The smallest absolute Gasteiger partial charge is 0.289 e. The quantitative estimate of drug-likeness (QED) is 0.894. The molecule has 6 heteroatoms. The third-order valence-electron chi connectivity index (χ3n) is 4.41. The molecule has 0 bridgehead atoms. The Labute approximate surface area is 153 Å². The van der Waals surface area contributed by atoms with Crippen LogP contribution in [0.3, 0.4) is 0 Å². The first-order valence-electron chi connectivity index (χ1n) is 9.00. The van der Waals surface area contributed by atoms with Gasteiger partial charge in [0.2, 0.25) is 5.91 Å². The molecule has 0 atom stereocenters. The zero-order valence-corrected chi connectivity index (χ0v) is 15.3. The van der Waals surface area contributed by atoms with E-state index in [1.54, 1.807) is 12.1 Å². The molecule has 1 aromatic carbocycles. The first-order chi connectivity index (χ1) is 12.5. The van der Waals surface area contributed by atoms with Gasteiger partial charge in [-0.05, 0) is 42.3 Å². The van der Waals surface area contributed by atoms with Gasteiger partial charge >= 0.3 is 0 Å². The molecule has 26 heavy (non-hydrogen) atoms. The first kappa shape index (κ1) is 18.0. The lowest BCUT2D eigenvalue weighted by atomic mass is 10.1. The molecule has 1 saturated heterocycles. The predicted molar refractivity (Wildman–Crippen MR) is 101 cm³/mol. The summed E-state index contributed by atoms with van der Waals surface area (Å²) in [5, 5.41) is 2.92. The lowest BCUT2D eigenvalue weighted by Crippen LogP contribution is -2.48. The van der Waals surface area contributed by atoms with Crippen LogP contribution < -0.4 is 10.2 Å². The Balaban J connectivity index is 1.53. The first-order valence-corrected chi connectivity index (χ1v) is 9.00. The highest BCUT2D eigenvalue weighted by Gasteiger charge is 2.23. The van der Waals surface area contributed by atoms with Crippen molar-refractivity contribution < 1.29 is 14.0 Å². The summed E-state index contributed by atoms with van der Waals surface area (Å²) in [6.07, 6.45) is 2.04. The van der Waals surface area contributed by atoms with Crippen LogP contribution in [-0.4, -0.2) is 42.9 Å². The molecule has 0 spiro atoms. The maximum Gasteiger partial charge on any atom is 0.289 e. The summed E-state index contributed by atoms with van der Waals surface area (Å²) in [5.74, 6) is 0.713. The van der Waals surface area contributed by atoms with E-state index in [9.17, 15) is 9.59 Å². The molecule has 3 rings (SSSR count). The lowest BCUT2D eigenvalue weighted by molar-refractivity contribution is -0.116. The van der Waals surface area contributed by atoms with Gasteiger partial charge in [-0.1, -0.05) is 13.8 Å². The minimum Gasteiger partial charge on any atom is -0.459 e. The van der Waals surface area contributed by atoms with Crippen molar-refractivity contribution in [2.45, 2.75) is 20.3 Å². The molecular formula is C20H25N3O3. The van der Waals surface area contributed by atoms with Crippen LogP contribution in [-0.2, 0) is 4.79 Å². The van der Waals surface area contributed by atoms with Crippen molar-refractivity contribution in [2.75, 3.05) is 36.4 Å². The van der Waals surface area contributed by atoms with E-state index in [-0.39, 0.29) is 11.8 Å². The fourth-order valence-corrected chi connectivity index (χ4v) is 3.06. The highest BCUT2D eigenvalue weighted by atomic mass is 16.3. The topological polar surface area (TPSA) is 65.8 Å². The second-order valence-electron chi connectivity index (χ2n) is 6.95. The number of piperazine rings is 1. The Bertz CT molecular complexity index is 730. The van der Waals surface area contributed by atoms with Gasteiger partial charge < -0.3 is 19.5 Å². The zero-order chi connectivity index (χ0) is 18.5. The lowest BCUT2D eigenvalue weighted by Gasteiger charge is -2.35. The summed E-state index contributed by atoms with van der Waals surface area (Å²) in [5.41, 5.74) is 1.91. The number of carbonyl (C=O) groups is 2. The van der Waals surface area contributed by atoms with Crippen molar-refractivity contribution in [1.29, 1.82) is 0 Å². The van der Waals surface area contributed by atoms with Gasteiger partial charge in [-0.15, -0.1) is 0 Å². The van der Waals surface area contributed by atoms with Crippen LogP contribution in [0.15, 0.2) is 47.1 Å². The van der Waals surface area contributed by atoms with E-state index < -0.39 is 0 Å². The Kier molecular flexibility index (Phi) is 5.61. The second kappa shape index (κ2) is 8.08. The van der Waals surface area contributed by atoms with E-state index in [2.05, 4.69) is 10.2 Å². The highest BCUT2D eigenvalue weighted by molar-refractivity contribution is 5.92. The summed E-state index contributed by atoms with van der Waals surface area (Å²) in [7, 11) is 0. The number of rotatable bonds is 5. The number of hydrogen-bond acceptors (Lipinski definition) is 4. The van der Waals surface area contributed by atoms with Gasteiger partial charge in [0.25, 0.3) is 5.91 Å². The Morgan fingerprint density at radius 2 is 1.77 bits per heavy atom. The maximum atomic E-state index is 12.3. The van der Waals surface area contributed by atoms with Crippen LogP contribution in [0, 0.1) is 5.92 Å². The van der Waals surface area contributed by atoms with E-state index in [0.29, 0.717) is 31.2 Å². The number of nitrogens with zero attached hydrogens (tertiary/aromatic N) is 2. The normalized spacial score (nSPS) is 14.6. The number of nitrogens with one attached hydrogen (secondary N) is 1. The van der Waals surface area contributed by atoms with Crippen molar-refractivity contribution in [3.8, 4) is 0 Å². The van der Waals surface area contributed by atoms with Gasteiger partial charge in [0.1, 0.15) is 0 Å². The van der Waals surface area contributed by atoms with Gasteiger partial charge in [-0.2, -0.15) is 0 Å². The number of furan rings is 1. The Hall–Kier alpha value is -2.76. The molecule has 0 radical (unpaired) electrons. The fourth-order valence-electron chi connectivity index (χ4n) is 3.06. The van der Waals surface area contributed by atoms with Crippen molar-refractivity contribution in [3.63, 3.8) is 0 Å². The number of amides is 2. The number of benzene rings is 1. The van der Waals surface area contributed by atoms with Crippen molar-refractivity contribution >= 4 is 23.2 Å². The molecule has 0 aliphatic carbocycles. The molecule has 1 aliphatic heterocycles. The molecule has 0 saturated carbocycles. The van der Waals surface area contributed by atoms with Gasteiger partial charge in [0, 0.05) is 44.0 Å². The standard InChI is InChI=1S/C20H25N3O3/c1-15(2)14-19(24)21-16-5-7-17(8-6-16)22-9-11-23(12-10-22)20(25)18-4-3-13-26-18/h3-8,13,15H,9-12,14H2,1-2H3,(H,21,24). The average molecular weight is 355 g/mol. The zero-order valence-electron chi connectivity index (χ0n) is 15.3. The second-order valence-corrected chi connectivity index (χ2v) is 6.95. The van der Waals surface area contributed by atoms with Gasteiger partial charge in [-0.25, -0.2) is 0 Å². The van der Waals surface area contributed by atoms with Gasteiger partial charge in [0.15, 0.2) is 5.76 Å². The van der Waals surface area contributed by atoms with E-state index in [1.807, 2.05) is 43.0 Å². The van der Waals surface area contributed by atoms with Gasteiger partial charge in [-0.3, -0.25) is 9.59 Å². The third-order valence-corrected chi connectivity index (χ3v) is 4.41. The largest absolute Gasteiger partial charge is 0.459 e. The van der Waals surface area contributed by atoms with E-state index in [0.717, 1.165) is 24.5 Å². The summed E-state index contributed by atoms with van der Waals surface area (Å²) in [6.45, 7) is 6.91. The summed E-state index contributed by atoms with van der Waals surface area (Å²) in [4.78, 5) is 28.2. The molecule has 2 aromatic rings. The van der Waals surface area contributed by atoms with Crippen molar-refractivity contribution in [3.05, 3.63) is 48.4 Å². The van der Waals surface area contributed by atoms with E-state index in [4.69, 9.17) is 4.42 Å². The molecule has 2 heterocycles. The Morgan fingerprint density at radius 1 is 1.08 bits per heavy atom. The molecule has 1 N–H and O–H groups in total. The molecular weight excluding hydrogens is 330 g/mol. The summed E-state index contributed by atoms with van der Waals surface area (Å²) in [6, 6.07) is 11.3. The molecule has 0 unspecified atom stereocenters. The number of carbonyl (C=O) groups excluding carboxylic acids is 2. The molecule has 1 fully saturated rings. The maximum absolute atomic E-state index is 12.3. The van der Waals surface area contributed by atoms with Crippen molar-refractivity contribution in [2.24, 2.45) is 5.92 Å². The minimum atomic E-state index is -0.0575. The monoisotopic (exact) mass is 355 g/mol. The van der Waals surface area contributed by atoms with Crippen molar-refractivity contribution in [1.82, 2.24) is 4.90 Å². The minimum absolute atomic E-state index is 0.0396. The summed E-state index contributed by atoms with van der Waals surface area (Å²) >= 11 is 0. The molecule has 1 aromatic heterocycles. The van der Waals surface area contributed by atoms with Gasteiger partial charge in [0.05, 0.1) is 6.26 Å². The SMILES string of the molecule is CC(C)CC(=O)Nc1ccc(N2CCN(C(=O)c3ccco3)CC2)cc1. The molecule has 138 valence electrons. The average Bonchev–Trinajstić information content (AvgIpc) is 3.16. The van der Waals surface area contributed by atoms with E-state index in [1.165, 1.54) is 6.26 Å². The molecule has 1 aliphatic rings. The predicted octanol–water partition coefficient (Wildman–Crippen LogP) is 3.23. The molecule has 2 amide bonds. The third kappa shape index (κ3) is 4.45. The molecule has 6 nitrogen and oxygen atoms in total. The fraction of sp³-hybridized carbons (Fsp3) is 0.400. The van der Waals surface area contributed by atoms with E-state index >= 15 is 0 Å². The highest BCUT2D eigenvalue weighted by Crippen LogP contribution is 2.20. The summed E-state index contributed by atoms with van der Waals surface area (Å²) < 4.78 is 5.19. The van der Waals surface area contributed by atoms with Crippen LogP contribution in [0.4, 0.5) is 11.4 Å². The van der Waals surface area contributed by atoms with Crippen LogP contribution in [0.25, 0.3) is 0 Å². The van der Waals surface area contributed by atoms with Crippen LogP contribution in [0.2, 0.25) is 0 Å². The Morgan fingerprint density at radius 3 is 2.35 bits per heavy atom. The van der Waals surface area contributed by atoms with Crippen LogP contribution >= 0.6 is 0 Å². The van der Waals surface area contributed by atoms with Crippen LogP contribution in [0.5, 0.6) is 0 Å². The number of anilines is 2.